The van der Waals surface area contributed by atoms with Gasteiger partial charge in [-0.1, -0.05) is 59.6 Å². The van der Waals surface area contributed by atoms with Crippen molar-refractivity contribution in [1.82, 2.24) is 10.3 Å². The molecule has 2 aromatic carbocycles. The van der Waals surface area contributed by atoms with Gasteiger partial charge in [0.25, 0.3) is 0 Å². The molecule has 1 atom stereocenters. The van der Waals surface area contributed by atoms with E-state index >= 15 is 0 Å². The Morgan fingerprint density at radius 3 is 2.22 bits per heavy atom. The molecule has 0 fully saturated rings. The lowest BCUT2D eigenvalue weighted by atomic mass is 10.0. The highest BCUT2D eigenvalue weighted by molar-refractivity contribution is 9.10. The number of aliphatic carboxylic acids is 1. The molecule has 0 spiro atoms. The summed E-state index contributed by atoms with van der Waals surface area (Å²) in [6, 6.07) is 13.2. The summed E-state index contributed by atoms with van der Waals surface area (Å²) in [6.45, 7) is 0.958. The fourth-order valence-corrected chi connectivity index (χ4v) is 4.69. The number of rotatable bonds is 13. The molecular formula is C26H27BrCl2N2O6. The van der Waals surface area contributed by atoms with Gasteiger partial charge >= 0.3 is 5.97 Å². The number of aliphatic hydroxyl groups excluding tert-OH is 1. The standard InChI is InChI=1S/C26H27BrCl2N2O6/c1-35-13-15-5-3-7-19(23(15)28)20-8-4-6-16(24(20)29)14-37-26-21(27)9-17(25(31-26)36-2)11-30-12-18(32)10-22(33)34/h3-9,18,30,32H,10-14H2,1-2H3,(H,33,34)/t18-/m0/s1. The molecule has 1 heterocycles. The van der Waals surface area contributed by atoms with Gasteiger partial charge in [0.05, 0.1) is 40.8 Å². The van der Waals surface area contributed by atoms with Crippen LogP contribution in [0.1, 0.15) is 23.1 Å². The van der Waals surface area contributed by atoms with Crippen LogP contribution in [-0.2, 0) is 29.3 Å². The number of carboxylic acids is 1. The van der Waals surface area contributed by atoms with Crippen molar-refractivity contribution < 1.29 is 29.2 Å². The van der Waals surface area contributed by atoms with Gasteiger partial charge in [-0.05, 0) is 27.6 Å². The first-order valence-corrected chi connectivity index (χ1v) is 12.8. The van der Waals surface area contributed by atoms with Crippen molar-refractivity contribution in [1.29, 1.82) is 0 Å². The van der Waals surface area contributed by atoms with Gasteiger partial charge in [0.1, 0.15) is 6.61 Å². The maximum Gasteiger partial charge on any atom is 0.306 e. The fourth-order valence-electron chi connectivity index (χ4n) is 3.65. The summed E-state index contributed by atoms with van der Waals surface area (Å²) in [6.07, 6.45) is -1.34. The lowest BCUT2D eigenvalue weighted by Crippen LogP contribution is -2.28. The third-order valence-electron chi connectivity index (χ3n) is 5.39. The molecule has 0 unspecified atom stereocenters. The molecule has 8 nitrogen and oxygen atoms in total. The minimum Gasteiger partial charge on any atom is -0.481 e. The van der Waals surface area contributed by atoms with Gasteiger partial charge in [-0.15, -0.1) is 0 Å². The van der Waals surface area contributed by atoms with E-state index in [0.717, 1.165) is 22.3 Å². The predicted octanol–water partition coefficient (Wildman–Crippen LogP) is 5.48. The van der Waals surface area contributed by atoms with Gasteiger partial charge in [-0.25, -0.2) is 0 Å². The lowest BCUT2D eigenvalue weighted by Gasteiger charge is -2.16. The Labute approximate surface area is 233 Å². The number of benzene rings is 2. The highest BCUT2D eigenvalue weighted by Gasteiger charge is 2.17. The average molecular weight is 614 g/mol. The average Bonchev–Trinajstić information content (AvgIpc) is 2.85. The van der Waals surface area contributed by atoms with Gasteiger partial charge in [-0.2, -0.15) is 4.98 Å². The number of methoxy groups -OCH3 is 2. The van der Waals surface area contributed by atoms with Crippen LogP contribution in [0, 0.1) is 0 Å². The molecule has 0 aliphatic carbocycles. The van der Waals surface area contributed by atoms with E-state index in [0.29, 0.717) is 45.0 Å². The van der Waals surface area contributed by atoms with Crippen LogP contribution in [0.25, 0.3) is 11.1 Å². The number of aliphatic hydroxyl groups is 1. The van der Waals surface area contributed by atoms with Gasteiger partial charge in [0.15, 0.2) is 0 Å². The molecule has 3 N–H and O–H groups in total. The number of hydrogen-bond donors (Lipinski definition) is 3. The van der Waals surface area contributed by atoms with Crippen molar-refractivity contribution >= 4 is 45.1 Å². The Hall–Kier alpha value is -2.40. The molecule has 198 valence electrons. The zero-order chi connectivity index (χ0) is 26.9. The summed E-state index contributed by atoms with van der Waals surface area (Å²) in [5.41, 5.74) is 3.90. The van der Waals surface area contributed by atoms with E-state index in [1.165, 1.54) is 7.11 Å². The van der Waals surface area contributed by atoms with E-state index in [2.05, 4.69) is 26.2 Å². The molecule has 3 rings (SSSR count). The van der Waals surface area contributed by atoms with Gasteiger partial charge < -0.3 is 29.7 Å². The van der Waals surface area contributed by atoms with E-state index < -0.39 is 12.1 Å². The molecule has 0 radical (unpaired) electrons. The van der Waals surface area contributed by atoms with Gasteiger partial charge in [0.2, 0.25) is 11.8 Å². The number of carbonyl (C=O) groups is 1. The topological polar surface area (TPSA) is 110 Å². The van der Waals surface area contributed by atoms with E-state index in [1.54, 1.807) is 13.2 Å². The number of carboxylic acid groups (broad SMARTS) is 1. The summed E-state index contributed by atoms with van der Waals surface area (Å²) >= 11 is 16.9. The van der Waals surface area contributed by atoms with Gasteiger partial charge in [-0.3, -0.25) is 4.79 Å². The summed E-state index contributed by atoms with van der Waals surface area (Å²) in [7, 11) is 3.11. The smallest absolute Gasteiger partial charge is 0.306 e. The van der Waals surface area contributed by atoms with Crippen molar-refractivity contribution in [3.05, 3.63) is 73.7 Å². The summed E-state index contributed by atoms with van der Waals surface area (Å²) < 4.78 is 17.2. The number of aromatic nitrogens is 1. The second-order valence-corrected chi connectivity index (χ2v) is 9.72. The number of nitrogens with zero attached hydrogens (tertiary/aromatic N) is 1. The first-order chi connectivity index (χ1) is 17.7. The van der Waals surface area contributed by atoms with Crippen LogP contribution in [0.15, 0.2) is 46.9 Å². The van der Waals surface area contributed by atoms with Crippen LogP contribution in [0.2, 0.25) is 10.0 Å². The number of pyridine rings is 1. The number of ether oxygens (including phenoxy) is 3. The Bertz CT molecular complexity index is 1240. The van der Waals surface area contributed by atoms with E-state index in [-0.39, 0.29) is 19.6 Å². The largest absolute Gasteiger partial charge is 0.481 e. The normalized spacial score (nSPS) is 11.8. The fraction of sp³-hybridized carbons (Fsp3) is 0.308. The minimum atomic E-state index is -1.06. The third kappa shape index (κ3) is 7.80. The Morgan fingerprint density at radius 1 is 1.03 bits per heavy atom. The minimum absolute atomic E-state index is 0.110. The summed E-state index contributed by atoms with van der Waals surface area (Å²) in [5, 5.41) is 22.6. The van der Waals surface area contributed by atoms with Crippen molar-refractivity contribution in [2.45, 2.75) is 32.3 Å². The highest BCUT2D eigenvalue weighted by atomic mass is 79.9. The molecule has 3 aromatic rings. The summed E-state index contributed by atoms with van der Waals surface area (Å²) in [4.78, 5) is 15.1. The SMILES string of the molecule is COCc1cccc(-c2cccc(COc3nc(OC)c(CNC[C@@H](O)CC(=O)O)cc3Br)c2Cl)c1Cl. The molecule has 37 heavy (non-hydrogen) atoms. The zero-order valence-electron chi connectivity index (χ0n) is 20.3. The van der Waals surface area contributed by atoms with Crippen LogP contribution in [-0.4, -0.2) is 48.0 Å². The maximum atomic E-state index is 10.7. The molecular weight excluding hydrogens is 587 g/mol. The quantitative estimate of drug-likeness (QED) is 0.233. The van der Waals surface area contributed by atoms with Crippen molar-refractivity contribution in [3.8, 4) is 22.9 Å². The molecule has 0 saturated heterocycles. The number of nitrogens with one attached hydrogen (secondary N) is 1. The second kappa shape index (κ2) is 13.9. The van der Waals surface area contributed by atoms with Crippen LogP contribution in [0.4, 0.5) is 0 Å². The van der Waals surface area contributed by atoms with E-state index in [9.17, 15) is 9.90 Å². The number of halogens is 3. The molecule has 0 bridgehead atoms. The monoisotopic (exact) mass is 612 g/mol. The van der Waals surface area contributed by atoms with Crippen LogP contribution in [0.5, 0.6) is 11.8 Å². The molecule has 0 amide bonds. The Kier molecular flexibility index (Phi) is 11.0. The first-order valence-electron chi connectivity index (χ1n) is 11.3. The first kappa shape index (κ1) is 29.2. The molecule has 0 aliphatic rings. The Morgan fingerprint density at radius 2 is 1.65 bits per heavy atom. The lowest BCUT2D eigenvalue weighted by molar-refractivity contribution is -0.139. The van der Waals surface area contributed by atoms with Crippen molar-refractivity contribution in [2.75, 3.05) is 20.8 Å². The molecule has 0 aliphatic heterocycles. The predicted molar refractivity (Wildman–Crippen MR) is 145 cm³/mol. The van der Waals surface area contributed by atoms with Crippen molar-refractivity contribution in [3.63, 3.8) is 0 Å². The van der Waals surface area contributed by atoms with E-state index in [1.807, 2.05) is 36.4 Å². The van der Waals surface area contributed by atoms with Crippen LogP contribution >= 0.6 is 39.1 Å². The van der Waals surface area contributed by atoms with Gasteiger partial charge in [0, 0.05) is 42.5 Å². The zero-order valence-corrected chi connectivity index (χ0v) is 23.4. The molecule has 0 saturated carbocycles. The molecule has 1 aromatic heterocycles. The Balaban J connectivity index is 1.74. The van der Waals surface area contributed by atoms with Crippen LogP contribution < -0.4 is 14.8 Å². The summed E-state index contributed by atoms with van der Waals surface area (Å²) in [5.74, 6) is -0.417. The van der Waals surface area contributed by atoms with Crippen molar-refractivity contribution in [2.24, 2.45) is 0 Å². The highest BCUT2D eigenvalue weighted by Crippen LogP contribution is 2.38. The number of hydrogen-bond acceptors (Lipinski definition) is 7. The second-order valence-electron chi connectivity index (χ2n) is 8.11. The maximum absolute atomic E-state index is 10.7. The van der Waals surface area contributed by atoms with Crippen LogP contribution in [0.3, 0.4) is 0 Å². The van der Waals surface area contributed by atoms with E-state index in [4.69, 9.17) is 42.5 Å². The molecule has 11 heteroatoms. The third-order valence-corrected chi connectivity index (χ3v) is 6.85.